The zero-order chi connectivity index (χ0) is 27.1. The summed E-state index contributed by atoms with van der Waals surface area (Å²) in [6.07, 6.45) is 9.96. The largest absolute Gasteiger partial charge is 0.338 e. The zero-order valence-corrected chi connectivity index (χ0v) is 23.1. The molecule has 0 amide bonds. The fraction of sp³-hybridized carbons (Fsp3) is 0.167. The number of aromatic nitrogens is 2. The highest BCUT2D eigenvalue weighted by molar-refractivity contribution is 6.06. The second-order valence-electron chi connectivity index (χ2n) is 11.0. The highest BCUT2D eigenvalue weighted by Gasteiger charge is 2.29. The number of fused-ring (bicyclic) bond motifs is 5. The molecule has 6 aromatic rings. The van der Waals surface area contributed by atoms with Crippen LogP contribution < -0.4 is 18.9 Å². The molecular formula is C36H34N4+2. The van der Waals surface area contributed by atoms with Crippen LogP contribution in [0.4, 0.5) is 28.4 Å². The first-order chi connectivity index (χ1) is 19.7. The van der Waals surface area contributed by atoms with Crippen molar-refractivity contribution in [2.45, 2.75) is 19.9 Å². The third-order valence-electron chi connectivity index (χ3n) is 8.12. The van der Waals surface area contributed by atoms with Gasteiger partial charge in [-0.05, 0) is 55.0 Å². The second-order valence-corrected chi connectivity index (χ2v) is 11.0. The molecule has 0 fully saturated rings. The molecular weight excluding hydrogens is 488 g/mol. The summed E-state index contributed by atoms with van der Waals surface area (Å²) in [5.74, 6) is 0.522. The minimum Gasteiger partial charge on any atom is -0.338 e. The Hall–Kier alpha value is -4.70. The van der Waals surface area contributed by atoms with E-state index in [0.717, 1.165) is 19.5 Å². The topological polar surface area (TPSA) is 14.2 Å². The fourth-order valence-electron chi connectivity index (χ4n) is 6.15. The first-order valence-electron chi connectivity index (χ1n) is 14.2. The highest BCUT2D eigenvalue weighted by atomic mass is 15.3. The number of pyridine rings is 2. The number of aryl methyl sites for hydroxylation is 1. The van der Waals surface area contributed by atoms with Gasteiger partial charge in [-0.25, -0.2) is 9.13 Å². The van der Waals surface area contributed by atoms with Gasteiger partial charge < -0.3 is 9.80 Å². The first-order valence-corrected chi connectivity index (χ1v) is 14.2. The number of hydrogen-bond donors (Lipinski definition) is 0. The van der Waals surface area contributed by atoms with Crippen molar-refractivity contribution < 1.29 is 9.13 Å². The monoisotopic (exact) mass is 522 g/mol. The van der Waals surface area contributed by atoms with Crippen molar-refractivity contribution in [1.29, 1.82) is 0 Å². The van der Waals surface area contributed by atoms with Crippen molar-refractivity contribution in [3.05, 3.63) is 128 Å². The highest BCUT2D eigenvalue weighted by Crippen LogP contribution is 2.51. The second kappa shape index (κ2) is 10.1. The molecule has 1 unspecified atom stereocenters. The van der Waals surface area contributed by atoms with Gasteiger partial charge in [-0.1, -0.05) is 49.4 Å². The zero-order valence-electron chi connectivity index (χ0n) is 23.1. The molecule has 0 spiro atoms. The van der Waals surface area contributed by atoms with Gasteiger partial charge >= 0.3 is 0 Å². The maximum atomic E-state index is 2.51. The van der Waals surface area contributed by atoms with Crippen LogP contribution in [-0.2, 0) is 13.6 Å². The summed E-state index contributed by atoms with van der Waals surface area (Å²) in [6, 6.07) is 37.2. The molecule has 0 saturated carbocycles. The summed E-state index contributed by atoms with van der Waals surface area (Å²) >= 11 is 0. The molecule has 40 heavy (non-hydrogen) atoms. The molecule has 0 saturated heterocycles. The number of hydrogen-bond acceptors (Lipinski definition) is 2. The van der Waals surface area contributed by atoms with Gasteiger partial charge in [0.05, 0.1) is 22.7 Å². The number of para-hydroxylation sites is 5. The molecule has 4 aromatic carbocycles. The Labute approximate surface area is 236 Å². The summed E-state index contributed by atoms with van der Waals surface area (Å²) < 4.78 is 4.47. The van der Waals surface area contributed by atoms with Crippen molar-refractivity contribution in [2.24, 2.45) is 13.0 Å². The minimum absolute atomic E-state index is 0.522. The average molecular weight is 523 g/mol. The molecule has 7 rings (SSSR count). The third kappa shape index (κ3) is 4.36. The van der Waals surface area contributed by atoms with E-state index in [-0.39, 0.29) is 0 Å². The molecule has 0 aliphatic carbocycles. The van der Waals surface area contributed by atoms with E-state index < -0.39 is 0 Å². The van der Waals surface area contributed by atoms with Gasteiger partial charge in [-0.2, -0.15) is 0 Å². The minimum atomic E-state index is 0.522. The quantitative estimate of drug-likeness (QED) is 0.164. The van der Waals surface area contributed by atoms with E-state index in [1.807, 2.05) is 0 Å². The Morgan fingerprint density at radius 1 is 0.625 bits per heavy atom. The van der Waals surface area contributed by atoms with Gasteiger partial charge in [-0.15, -0.1) is 0 Å². The van der Waals surface area contributed by atoms with E-state index >= 15 is 0 Å². The van der Waals surface area contributed by atoms with Gasteiger partial charge in [0.25, 0.3) is 0 Å². The SMILES string of the molecule is CC(CCN1c2ccccc2N(c2ccccc2)c2ccccc21)C[n+]1ccc2c(ccc3c[n+](C)ccc32)c1. The molecule has 196 valence electrons. The Kier molecular flexibility index (Phi) is 6.16. The molecule has 1 atom stereocenters. The summed E-state index contributed by atoms with van der Waals surface area (Å²) in [4.78, 5) is 4.90. The Balaban J connectivity index is 1.14. The maximum absolute atomic E-state index is 2.51. The summed E-state index contributed by atoms with van der Waals surface area (Å²) in [7, 11) is 2.07. The lowest BCUT2D eigenvalue weighted by molar-refractivity contribution is -0.701. The average Bonchev–Trinajstić information content (AvgIpc) is 2.99. The molecule has 1 aliphatic rings. The summed E-state index contributed by atoms with van der Waals surface area (Å²) in [6.45, 7) is 4.33. The van der Waals surface area contributed by atoms with E-state index in [0.29, 0.717) is 5.92 Å². The van der Waals surface area contributed by atoms with Crippen LogP contribution in [0.25, 0.3) is 21.5 Å². The summed E-state index contributed by atoms with van der Waals surface area (Å²) in [5, 5.41) is 5.18. The van der Waals surface area contributed by atoms with Gasteiger partial charge in [0.15, 0.2) is 31.3 Å². The van der Waals surface area contributed by atoms with Crippen LogP contribution >= 0.6 is 0 Å². The van der Waals surface area contributed by atoms with Crippen molar-refractivity contribution in [2.75, 3.05) is 16.3 Å². The molecule has 3 heterocycles. The van der Waals surface area contributed by atoms with Crippen molar-refractivity contribution >= 4 is 50.0 Å². The van der Waals surface area contributed by atoms with E-state index in [9.17, 15) is 0 Å². The Morgan fingerprint density at radius 2 is 1.20 bits per heavy atom. The fourth-order valence-corrected chi connectivity index (χ4v) is 6.15. The predicted molar refractivity (Wildman–Crippen MR) is 165 cm³/mol. The Morgan fingerprint density at radius 3 is 1.88 bits per heavy atom. The lowest BCUT2D eigenvalue weighted by Gasteiger charge is -2.40. The van der Waals surface area contributed by atoms with Crippen LogP contribution in [0.2, 0.25) is 0 Å². The molecule has 0 N–H and O–H groups in total. The number of nitrogens with zero attached hydrogens (tertiary/aromatic N) is 4. The van der Waals surface area contributed by atoms with E-state index in [2.05, 4.69) is 161 Å². The number of rotatable bonds is 6. The Bertz CT molecular complexity index is 1780. The van der Waals surface area contributed by atoms with Gasteiger partial charge in [-0.3, -0.25) is 0 Å². The van der Waals surface area contributed by atoms with Crippen LogP contribution in [0.5, 0.6) is 0 Å². The number of anilines is 5. The van der Waals surface area contributed by atoms with Crippen molar-refractivity contribution in [3.63, 3.8) is 0 Å². The van der Waals surface area contributed by atoms with Gasteiger partial charge in [0.1, 0.15) is 7.05 Å². The standard InChI is InChI=1S/C36H34N4/c1-27(24-38-22-20-32-29(26-38)17-16-28-25-37(2)21-19-31(28)32)18-23-39-33-12-6-8-14-35(33)40(30-10-4-3-5-11-30)36-15-9-7-13-34(36)39/h3-17,19-22,25-27H,18,23-24H2,1-2H3/q+2. The van der Waals surface area contributed by atoms with E-state index in [4.69, 9.17) is 0 Å². The normalized spacial score (nSPS) is 13.3. The predicted octanol–water partition coefficient (Wildman–Crippen LogP) is 7.75. The first kappa shape index (κ1) is 24.3. The van der Waals surface area contributed by atoms with Crippen LogP contribution in [0, 0.1) is 5.92 Å². The van der Waals surface area contributed by atoms with Crippen LogP contribution in [0.1, 0.15) is 13.3 Å². The lowest BCUT2D eigenvalue weighted by Crippen LogP contribution is -2.37. The number of benzene rings is 4. The third-order valence-corrected chi connectivity index (χ3v) is 8.12. The van der Waals surface area contributed by atoms with Gasteiger partial charge in [0.2, 0.25) is 0 Å². The van der Waals surface area contributed by atoms with Gasteiger partial charge in [0, 0.05) is 51.8 Å². The molecule has 2 aromatic heterocycles. The molecule has 4 nitrogen and oxygen atoms in total. The van der Waals surface area contributed by atoms with Crippen LogP contribution in [0.3, 0.4) is 0 Å². The maximum Gasteiger partial charge on any atom is 0.176 e. The van der Waals surface area contributed by atoms with E-state index in [1.165, 1.54) is 50.0 Å². The summed E-state index contributed by atoms with van der Waals surface area (Å²) in [5.41, 5.74) is 6.16. The molecule has 4 heteroatoms. The molecule has 0 radical (unpaired) electrons. The lowest BCUT2D eigenvalue weighted by atomic mass is 10.0. The van der Waals surface area contributed by atoms with Crippen molar-refractivity contribution in [1.82, 2.24) is 0 Å². The van der Waals surface area contributed by atoms with Crippen molar-refractivity contribution in [3.8, 4) is 0 Å². The van der Waals surface area contributed by atoms with Crippen LogP contribution in [-0.4, -0.2) is 6.54 Å². The molecule has 0 bridgehead atoms. The smallest absolute Gasteiger partial charge is 0.176 e. The molecule has 1 aliphatic heterocycles. The van der Waals surface area contributed by atoms with Crippen LogP contribution in [0.15, 0.2) is 128 Å². The van der Waals surface area contributed by atoms with E-state index in [1.54, 1.807) is 0 Å².